The van der Waals surface area contributed by atoms with E-state index in [2.05, 4.69) is 20.5 Å². The van der Waals surface area contributed by atoms with Crippen LogP contribution in [0.4, 0.5) is 5.82 Å². The summed E-state index contributed by atoms with van der Waals surface area (Å²) in [6.45, 7) is 1.84. The molecule has 0 saturated carbocycles. The van der Waals surface area contributed by atoms with Crippen molar-refractivity contribution in [2.45, 2.75) is 31.5 Å². The highest BCUT2D eigenvalue weighted by Crippen LogP contribution is 2.32. The Morgan fingerprint density at radius 1 is 1.36 bits per heavy atom. The smallest absolute Gasteiger partial charge is 0.177 e. The number of imidazole rings is 1. The first-order chi connectivity index (χ1) is 12.1. The number of hydrogen-bond donors (Lipinski definition) is 5. The Hall–Kier alpha value is -2.11. The fourth-order valence-corrected chi connectivity index (χ4v) is 2.69. The minimum absolute atomic E-state index is 0.0164. The highest BCUT2D eigenvalue weighted by atomic mass is 16.6. The predicted molar refractivity (Wildman–Crippen MR) is 87.7 cm³/mol. The lowest BCUT2D eigenvalue weighted by Crippen LogP contribution is -2.33. The molecule has 0 unspecified atom stereocenters. The van der Waals surface area contributed by atoms with Crippen LogP contribution in [0.15, 0.2) is 24.2 Å². The number of ether oxygens (including phenoxy) is 1. The van der Waals surface area contributed by atoms with Crippen molar-refractivity contribution < 1.29 is 25.2 Å². The monoisotopic (exact) mass is 351 g/mol. The molecule has 0 aliphatic carbocycles. The van der Waals surface area contributed by atoms with Crippen molar-refractivity contribution in [2.75, 3.05) is 25.1 Å². The highest BCUT2D eigenvalue weighted by Gasteiger charge is 2.43. The van der Waals surface area contributed by atoms with Crippen molar-refractivity contribution in [3.8, 4) is 0 Å². The average Bonchev–Trinajstić information content (AvgIpc) is 3.17. The van der Waals surface area contributed by atoms with Crippen LogP contribution in [0.2, 0.25) is 0 Å². The van der Waals surface area contributed by atoms with E-state index in [1.807, 2.05) is 13.0 Å². The lowest BCUT2D eigenvalue weighted by molar-refractivity contribution is -0.0509. The van der Waals surface area contributed by atoms with E-state index in [1.165, 1.54) is 12.5 Å². The second-order valence-electron chi connectivity index (χ2n) is 5.90. The van der Waals surface area contributed by atoms with Gasteiger partial charge >= 0.3 is 0 Å². The van der Waals surface area contributed by atoms with Gasteiger partial charge in [0, 0.05) is 6.54 Å². The third-order valence-corrected chi connectivity index (χ3v) is 4.15. The number of rotatable bonds is 6. The molecule has 136 valence electrons. The summed E-state index contributed by atoms with van der Waals surface area (Å²) in [5, 5.41) is 49.3. The molecule has 10 heteroatoms. The summed E-state index contributed by atoms with van der Waals surface area (Å²) in [6, 6.07) is 0. The molecule has 2 aromatic rings. The Morgan fingerprint density at radius 2 is 2.16 bits per heavy atom. The van der Waals surface area contributed by atoms with Gasteiger partial charge in [0.2, 0.25) is 0 Å². The number of aromatic nitrogens is 4. The summed E-state index contributed by atoms with van der Waals surface area (Å²) in [5.74, 6) is 0.449. The molecule has 3 rings (SSSR count). The SMILES string of the molecule is CC(=CCNc1nncc2c1ncn2[C@H]1O[C@H](CO)[C@H](O)[C@@H]1O)CO. The van der Waals surface area contributed by atoms with E-state index in [9.17, 15) is 15.3 Å². The molecule has 1 aliphatic rings. The first-order valence-corrected chi connectivity index (χ1v) is 7.87. The molecular weight excluding hydrogens is 330 g/mol. The van der Waals surface area contributed by atoms with Crippen LogP contribution < -0.4 is 5.32 Å². The standard InChI is InChI=1S/C15H21N5O5/c1-8(5-21)2-3-16-14-11-9(4-18-19-14)20(7-17-11)15-13(24)12(23)10(6-22)25-15/h2,4,7,10,12-13,15,21-24H,3,5-6H2,1H3,(H,16,19)/t10-,12+,13+,15+/m1/s1. The number of hydrogen-bond acceptors (Lipinski definition) is 9. The zero-order chi connectivity index (χ0) is 18.0. The second kappa shape index (κ2) is 7.42. The van der Waals surface area contributed by atoms with Crippen LogP contribution in [0.3, 0.4) is 0 Å². The molecule has 5 N–H and O–H groups in total. The maximum atomic E-state index is 10.2. The van der Waals surface area contributed by atoms with E-state index in [4.69, 9.17) is 9.84 Å². The van der Waals surface area contributed by atoms with Crippen LogP contribution in [-0.2, 0) is 4.74 Å². The summed E-state index contributed by atoms with van der Waals surface area (Å²) in [7, 11) is 0. The number of anilines is 1. The van der Waals surface area contributed by atoms with Crippen LogP contribution in [0.5, 0.6) is 0 Å². The fourth-order valence-electron chi connectivity index (χ4n) is 2.69. The minimum atomic E-state index is -1.20. The topological polar surface area (TPSA) is 146 Å². The molecular formula is C15H21N5O5. The van der Waals surface area contributed by atoms with Crippen molar-refractivity contribution >= 4 is 16.9 Å². The van der Waals surface area contributed by atoms with Crippen molar-refractivity contribution in [1.82, 2.24) is 19.7 Å². The van der Waals surface area contributed by atoms with Gasteiger partial charge in [0.05, 0.1) is 31.3 Å². The van der Waals surface area contributed by atoms with E-state index < -0.39 is 31.1 Å². The minimum Gasteiger partial charge on any atom is -0.394 e. The first kappa shape index (κ1) is 17.7. The van der Waals surface area contributed by atoms with Gasteiger partial charge in [0.25, 0.3) is 0 Å². The molecule has 0 spiro atoms. The van der Waals surface area contributed by atoms with Gasteiger partial charge < -0.3 is 30.5 Å². The van der Waals surface area contributed by atoms with E-state index in [0.717, 1.165) is 5.57 Å². The molecule has 1 aliphatic heterocycles. The van der Waals surface area contributed by atoms with E-state index in [0.29, 0.717) is 23.4 Å². The van der Waals surface area contributed by atoms with Gasteiger partial charge in [-0.1, -0.05) is 11.6 Å². The quantitative estimate of drug-likeness (QED) is 0.404. The maximum Gasteiger partial charge on any atom is 0.177 e. The van der Waals surface area contributed by atoms with E-state index in [1.54, 1.807) is 4.57 Å². The molecule has 0 aromatic carbocycles. The van der Waals surface area contributed by atoms with Crippen molar-refractivity contribution in [1.29, 1.82) is 0 Å². The summed E-state index contributed by atoms with van der Waals surface area (Å²) in [5.41, 5.74) is 1.92. The molecule has 2 aromatic heterocycles. The van der Waals surface area contributed by atoms with Gasteiger partial charge in [-0.2, -0.15) is 5.10 Å². The average molecular weight is 351 g/mol. The fraction of sp³-hybridized carbons (Fsp3) is 0.533. The molecule has 3 heterocycles. The molecule has 4 atom stereocenters. The highest BCUT2D eigenvalue weighted by molar-refractivity contribution is 5.85. The molecule has 10 nitrogen and oxygen atoms in total. The third kappa shape index (κ3) is 3.34. The molecule has 25 heavy (non-hydrogen) atoms. The second-order valence-corrected chi connectivity index (χ2v) is 5.90. The van der Waals surface area contributed by atoms with Crippen molar-refractivity contribution in [3.05, 3.63) is 24.2 Å². The predicted octanol–water partition coefficient (Wildman–Crippen LogP) is -1.21. The lowest BCUT2D eigenvalue weighted by atomic mass is 10.1. The van der Waals surface area contributed by atoms with Gasteiger partial charge in [-0.3, -0.25) is 4.57 Å². The van der Waals surface area contributed by atoms with Gasteiger partial charge in [-0.15, -0.1) is 5.10 Å². The molecule has 0 radical (unpaired) electrons. The van der Waals surface area contributed by atoms with Crippen LogP contribution in [0, 0.1) is 0 Å². The lowest BCUT2D eigenvalue weighted by Gasteiger charge is -2.16. The molecule has 1 fully saturated rings. The van der Waals surface area contributed by atoms with Crippen LogP contribution >= 0.6 is 0 Å². The maximum absolute atomic E-state index is 10.2. The third-order valence-electron chi connectivity index (χ3n) is 4.15. The number of nitrogens with zero attached hydrogens (tertiary/aromatic N) is 4. The Balaban J connectivity index is 1.86. The zero-order valence-corrected chi connectivity index (χ0v) is 13.6. The van der Waals surface area contributed by atoms with Crippen LogP contribution in [-0.4, -0.2) is 78.2 Å². The largest absolute Gasteiger partial charge is 0.394 e. The zero-order valence-electron chi connectivity index (χ0n) is 13.6. The van der Waals surface area contributed by atoms with Crippen molar-refractivity contribution in [3.63, 3.8) is 0 Å². The van der Waals surface area contributed by atoms with Gasteiger partial charge in [0.1, 0.15) is 23.8 Å². The molecule has 0 amide bonds. The summed E-state index contributed by atoms with van der Waals surface area (Å²) in [4.78, 5) is 4.28. The number of aliphatic hydroxyl groups excluding tert-OH is 4. The number of nitrogens with one attached hydrogen (secondary N) is 1. The molecule has 0 bridgehead atoms. The first-order valence-electron chi connectivity index (χ1n) is 7.87. The van der Waals surface area contributed by atoms with Gasteiger partial charge in [0.15, 0.2) is 12.0 Å². The summed E-state index contributed by atoms with van der Waals surface area (Å²) >= 11 is 0. The van der Waals surface area contributed by atoms with Crippen LogP contribution in [0.1, 0.15) is 13.2 Å². The summed E-state index contributed by atoms with van der Waals surface area (Å²) in [6.07, 6.45) is 0.637. The van der Waals surface area contributed by atoms with E-state index >= 15 is 0 Å². The molecule has 1 saturated heterocycles. The Bertz CT molecular complexity index is 764. The normalized spacial score (nSPS) is 27.2. The number of aliphatic hydroxyl groups is 4. The Morgan fingerprint density at radius 3 is 2.84 bits per heavy atom. The number of fused-ring (bicyclic) bond motifs is 1. The van der Waals surface area contributed by atoms with Crippen molar-refractivity contribution in [2.24, 2.45) is 0 Å². The summed E-state index contributed by atoms with van der Waals surface area (Å²) < 4.78 is 7.07. The van der Waals surface area contributed by atoms with E-state index in [-0.39, 0.29) is 6.61 Å². The Kier molecular flexibility index (Phi) is 5.25. The van der Waals surface area contributed by atoms with Gasteiger partial charge in [-0.25, -0.2) is 4.98 Å². The van der Waals surface area contributed by atoms with Crippen LogP contribution in [0.25, 0.3) is 11.0 Å². The van der Waals surface area contributed by atoms with Gasteiger partial charge in [-0.05, 0) is 6.92 Å². The Labute approximate surface area is 143 Å².